The van der Waals surface area contributed by atoms with Crippen molar-refractivity contribution in [2.75, 3.05) is 0 Å². The molecule has 1 aromatic heterocycles. The molecule has 2 aromatic carbocycles. The number of hydrogen-bond acceptors (Lipinski definition) is 2. The molecule has 10 heteroatoms. The zero-order valence-corrected chi connectivity index (χ0v) is 17.4. The molecule has 0 spiro atoms. The van der Waals surface area contributed by atoms with Crippen molar-refractivity contribution in [3.8, 4) is 16.9 Å². The van der Waals surface area contributed by atoms with Crippen LogP contribution in [0.15, 0.2) is 42.6 Å². The van der Waals surface area contributed by atoms with Gasteiger partial charge in [-0.1, -0.05) is 39.0 Å². The molecule has 174 valence electrons. The minimum absolute atomic E-state index is 0.0606. The Bertz CT molecular complexity index is 1120. The Hall–Kier alpha value is -2.75. The Balaban J connectivity index is 2.27. The number of fused-ring (bicyclic) bond motifs is 1. The minimum atomic E-state index is -5.00. The summed E-state index contributed by atoms with van der Waals surface area (Å²) in [5.41, 5.74) is 4.51. The van der Waals surface area contributed by atoms with E-state index < -0.39 is 30.1 Å². The van der Waals surface area contributed by atoms with Gasteiger partial charge in [0, 0.05) is 40.3 Å². The summed E-state index contributed by atoms with van der Waals surface area (Å²) in [6, 6.07) is 4.72. The van der Waals surface area contributed by atoms with Gasteiger partial charge in [0.25, 0.3) is 0 Å². The normalized spacial score (nSPS) is 14.1. The Morgan fingerprint density at radius 1 is 0.969 bits per heavy atom. The van der Waals surface area contributed by atoms with E-state index in [1.54, 1.807) is 0 Å². The predicted molar refractivity (Wildman–Crippen MR) is 106 cm³/mol. The number of nitrogens with zero attached hydrogens (tertiary/aromatic N) is 1. The average Bonchev–Trinajstić information content (AvgIpc) is 2.94. The van der Waals surface area contributed by atoms with Crippen molar-refractivity contribution in [3.05, 3.63) is 54.0 Å². The fourth-order valence-electron chi connectivity index (χ4n) is 3.51. The highest BCUT2D eigenvalue weighted by Gasteiger charge is 2.40. The molecule has 3 aromatic rings. The van der Waals surface area contributed by atoms with E-state index in [0.717, 1.165) is 12.1 Å². The van der Waals surface area contributed by atoms with Gasteiger partial charge in [-0.3, -0.25) is 0 Å². The van der Waals surface area contributed by atoms with Crippen LogP contribution >= 0.6 is 0 Å². The summed E-state index contributed by atoms with van der Waals surface area (Å²) >= 11 is 0. The van der Waals surface area contributed by atoms with Crippen LogP contribution in [0.3, 0.4) is 0 Å². The molecule has 3 rings (SSSR count). The zero-order chi connectivity index (χ0) is 24.1. The number of benzene rings is 2. The molecule has 0 aliphatic carbocycles. The van der Waals surface area contributed by atoms with Crippen molar-refractivity contribution in [2.24, 2.45) is 11.1 Å². The number of ether oxygens (including phenoxy) is 1. The molecule has 3 nitrogen and oxygen atoms in total. The van der Waals surface area contributed by atoms with Gasteiger partial charge in [0.2, 0.25) is 0 Å². The highest BCUT2D eigenvalue weighted by molar-refractivity contribution is 5.90. The van der Waals surface area contributed by atoms with Crippen LogP contribution in [0, 0.1) is 11.2 Å². The molecular weight excluding hydrogens is 441 g/mol. The molecule has 0 saturated carbocycles. The highest BCUT2D eigenvalue weighted by atomic mass is 19.4. The van der Waals surface area contributed by atoms with Gasteiger partial charge in [-0.05, 0) is 23.6 Å². The number of hydrogen-bond donors (Lipinski definition) is 1. The van der Waals surface area contributed by atoms with Crippen molar-refractivity contribution in [1.82, 2.24) is 4.57 Å². The summed E-state index contributed by atoms with van der Waals surface area (Å²) in [5, 5.41) is -0.0606. The van der Waals surface area contributed by atoms with Gasteiger partial charge in [-0.25, -0.2) is 4.39 Å². The number of aromatic nitrogens is 1. The molecule has 1 atom stereocenters. The molecule has 0 radical (unpaired) electrons. The lowest BCUT2D eigenvalue weighted by Crippen LogP contribution is -2.28. The van der Waals surface area contributed by atoms with Crippen molar-refractivity contribution in [1.29, 1.82) is 0 Å². The summed E-state index contributed by atoms with van der Waals surface area (Å²) in [4.78, 5) is 0. The number of nitrogens with two attached hydrogens (primary N) is 1. The van der Waals surface area contributed by atoms with Gasteiger partial charge < -0.3 is 15.0 Å². The number of alkyl halides is 6. The third kappa shape index (κ3) is 5.17. The van der Waals surface area contributed by atoms with Crippen LogP contribution in [0.5, 0.6) is 5.75 Å². The van der Waals surface area contributed by atoms with Gasteiger partial charge >= 0.3 is 12.5 Å². The second kappa shape index (κ2) is 7.99. The topological polar surface area (TPSA) is 40.2 Å². The van der Waals surface area contributed by atoms with E-state index in [9.17, 15) is 26.3 Å². The third-order valence-electron chi connectivity index (χ3n) is 4.74. The van der Waals surface area contributed by atoms with Crippen LogP contribution in [0.25, 0.3) is 22.0 Å². The van der Waals surface area contributed by atoms with Crippen LogP contribution < -0.4 is 10.5 Å². The lowest BCUT2D eigenvalue weighted by atomic mass is 9.96. The Morgan fingerprint density at radius 3 is 2.16 bits per heavy atom. The lowest BCUT2D eigenvalue weighted by Gasteiger charge is -2.20. The van der Waals surface area contributed by atoms with Crippen LogP contribution in [0.1, 0.15) is 32.4 Å². The van der Waals surface area contributed by atoms with Gasteiger partial charge in [-0.2, -0.15) is 13.2 Å². The van der Waals surface area contributed by atoms with E-state index in [2.05, 4.69) is 4.74 Å². The monoisotopic (exact) mass is 462 g/mol. The fraction of sp³-hybridized carbons (Fsp3) is 0.364. The third-order valence-corrected chi connectivity index (χ3v) is 4.74. The van der Waals surface area contributed by atoms with Crippen molar-refractivity contribution >= 4 is 10.9 Å². The molecular formula is C22H21F7N2O. The van der Waals surface area contributed by atoms with E-state index in [0.29, 0.717) is 0 Å². The molecule has 0 aliphatic heterocycles. The number of rotatable bonds is 4. The second-order valence-electron chi connectivity index (χ2n) is 8.69. The smallest absolute Gasteiger partial charge is 0.405 e. The Labute approximate surface area is 179 Å². The lowest BCUT2D eigenvalue weighted by molar-refractivity contribution is -0.274. The first-order valence-electron chi connectivity index (χ1n) is 9.56. The predicted octanol–water partition coefficient (Wildman–Crippen LogP) is 6.95. The van der Waals surface area contributed by atoms with Gasteiger partial charge in [-0.15, -0.1) is 13.2 Å². The largest absolute Gasteiger partial charge is 0.573 e. The maximum absolute atomic E-state index is 15.0. The maximum atomic E-state index is 15.0. The van der Waals surface area contributed by atoms with Gasteiger partial charge in [0.15, 0.2) is 0 Å². The SMILES string of the molecule is CC(C)(C)Cn1cc([C@H](N)C(F)(F)F)c2cc(F)c(-c3ccccc3OC(F)(F)F)cc21. The highest BCUT2D eigenvalue weighted by Crippen LogP contribution is 2.41. The van der Waals surface area contributed by atoms with Crippen molar-refractivity contribution in [2.45, 2.75) is 45.9 Å². The van der Waals surface area contributed by atoms with Crippen LogP contribution in [0.2, 0.25) is 0 Å². The molecule has 1 heterocycles. The zero-order valence-electron chi connectivity index (χ0n) is 17.4. The fourth-order valence-corrected chi connectivity index (χ4v) is 3.51. The maximum Gasteiger partial charge on any atom is 0.573 e. The molecule has 0 saturated heterocycles. The first kappa shape index (κ1) is 23.9. The first-order valence-corrected chi connectivity index (χ1v) is 9.56. The van der Waals surface area contributed by atoms with E-state index in [4.69, 9.17) is 5.73 Å². The van der Waals surface area contributed by atoms with Crippen molar-refractivity contribution in [3.63, 3.8) is 0 Å². The van der Waals surface area contributed by atoms with E-state index in [1.807, 2.05) is 20.8 Å². The molecule has 0 amide bonds. The standard InChI is InChI=1S/C22H21F7N2O/c1-20(2,3)11-31-10-15(19(30)21(24,25)26)14-8-16(23)13(9-17(14)31)12-6-4-5-7-18(12)32-22(27,28)29/h4-10,19H,11,30H2,1-3H3/t19-/m0/s1. The first-order chi connectivity index (χ1) is 14.6. The summed E-state index contributed by atoms with van der Waals surface area (Å²) in [7, 11) is 0. The van der Waals surface area contributed by atoms with E-state index in [1.165, 1.54) is 35.0 Å². The number of para-hydroxylation sites is 1. The Morgan fingerprint density at radius 2 is 1.59 bits per heavy atom. The summed E-state index contributed by atoms with van der Waals surface area (Å²) < 4.78 is 98.9. The molecule has 0 aliphatic rings. The molecule has 2 N–H and O–H groups in total. The van der Waals surface area contributed by atoms with Gasteiger partial charge in [0.1, 0.15) is 17.6 Å². The van der Waals surface area contributed by atoms with Gasteiger partial charge in [0.05, 0.1) is 0 Å². The molecule has 0 unspecified atom stereocenters. The van der Waals surface area contributed by atoms with Crippen LogP contribution in [0.4, 0.5) is 30.7 Å². The summed E-state index contributed by atoms with van der Waals surface area (Å²) in [5.74, 6) is -1.63. The minimum Gasteiger partial charge on any atom is -0.405 e. The summed E-state index contributed by atoms with van der Waals surface area (Å²) in [6.07, 6.45) is -8.55. The van der Waals surface area contributed by atoms with E-state index >= 15 is 4.39 Å². The van der Waals surface area contributed by atoms with Crippen LogP contribution in [-0.2, 0) is 6.54 Å². The van der Waals surface area contributed by atoms with Crippen molar-refractivity contribution < 1.29 is 35.5 Å². The van der Waals surface area contributed by atoms with E-state index in [-0.39, 0.29) is 39.6 Å². The van der Waals surface area contributed by atoms with Crippen LogP contribution in [-0.4, -0.2) is 17.1 Å². The molecule has 0 fully saturated rings. The Kier molecular flexibility index (Phi) is 5.97. The summed E-state index contributed by atoms with van der Waals surface area (Å²) in [6.45, 7) is 5.84. The number of halogens is 7. The quantitative estimate of drug-likeness (QED) is 0.426. The average molecular weight is 462 g/mol. The second-order valence-corrected chi connectivity index (χ2v) is 8.69. The molecule has 32 heavy (non-hydrogen) atoms. The molecule has 0 bridgehead atoms.